The van der Waals surface area contributed by atoms with Crippen LogP contribution in [-0.4, -0.2) is 43.5 Å². The number of hydrogen-bond acceptors (Lipinski definition) is 5. The van der Waals surface area contributed by atoms with E-state index >= 15 is 0 Å². The van der Waals surface area contributed by atoms with E-state index in [9.17, 15) is 14.4 Å². The molecule has 8 nitrogen and oxygen atoms in total. The molecular weight excluding hydrogens is 408 g/mol. The van der Waals surface area contributed by atoms with Crippen LogP contribution in [0.4, 0.5) is 0 Å². The van der Waals surface area contributed by atoms with Crippen LogP contribution in [0.1, 0.15) is 15.9 Å². The first-order chi connectivity index (χ1) is 15.4. The lowest BCUT2D eigenvalue weighted by Crippen LogP contribution is -2.43. The zero-order chi connectivity index (χ0) is 22.9. The lowest BCUT2D eigenvalue weighted by Gasteiger charge is -2.15. The van der Waals surface area contributed by atoms with Gasteiger partial charge < -0.3 is 26.8 Å². The summed E-state index contributed by atoms with van der Waals surface area (Å²) in [6, 6.07) is 19.8. The molecule has 0 aliphatic carbocycles. The molecule has 32 heavy (non-hydrogen) atoms. The Bertz CT molecular complexity index is 1100. The quantitative estimate of drug-likeness (QED) is 0.355. The molecule has 0 fully saturated rings. The largest absolute Gasteiger partial charge is 0.491 e. The molecule has 0 aromatic heterocycles. The van der Waals surface area contributed by atoms with Gasteiger partial charge in [-0.3, -0.25) is 14.4 Å². The molecule has 0 bridgehead atoms. The van der Waals surface area contributed by atoms with Gasteiger partial charge in [-0.15, -0.1) is 0 Å². The minimum absolute atomic E-state index is 0.137. The number of carbonyl (C=O) groups excluding carboxylic acids is 3. The Kier molecular flexibility index (Phi) is 7.77. The van der Waals surface area contributed by atoms with Gasteiger partial charge in [-0.2, -0.15) is 0 Å². The van der Waals surface area contributed by atoms with Crippen molar-refractivity contribution in [1.29, 1.82) is 0 Å². The first kappa shape index (κ1) is 22.8. The summed E-state index contributed by atoms with van der Waals surface area (Å²) in [5, 5.41) is 6.96. The van der Waals surface area contributed by atoms with Gasteiger partial charge in [0.2, 0.25) is 11.8 Å². The molecule has 3 rings (SSSR count). The molecule has 3 aromatic rings. The van der Waals surface area contributed by atoms with Crippen LogP contribution < -0.4 is 26.8 Å². The third kappa shape index (κ3) is 6.29. The average Bonchev–Trinajstić information content (AvgIpc) is 2.80. The van der Waals surface area contributed by atoms with Gasteiger partial charge in [-0.05, 0) is 34.9 Å². The van der Waals surface area contributed by atoms with Crippen molar-refractivity contribution in [2.24, 2.45) is 11.5 Å². The lowest BCUT2D eigenvalue weighted by atomic mass is 10.1. The smallest absolute Gasteiger partial charge is 0.255 e. The summed E-state index contributed by atoms with van der Waals surface area (Å²) in [5.74, 6) is -1.06. The fourth-order valence-corrected chi connectivity index (χ4v) is 3.21. The fraction of sp³-hybridized carbons (Fsp3) is 0.208. The molecule has 8 heteroatoms. The Hall–Kier alpha value is -3.91. The normalized spacial score (nSPS) is 11.5. The number of primary amides is 1. The number of fused-ring (bicyclic) bond motifs is 1. The fourth-order valence-electron chi connectivity index (χ4n) is 3.21. The SMILES string of the molecule is NC(=O)CNC(=O)c1cc2ccccc2cc1OCCNC(=O)C(N)Cc1ccccc1. The Morgan fingerprint density at radius 1 is 0.906 bits per heavy atom. The van der Waals surface area contributed by atoms with Crippen molar-refractivity contribution in [2.75, 3.05) is 19.7 Å². The highest BCUT2D eigenvalue weighted by molar-refractivity contribution is 6.02. The molecule has 0 radical (unpaired) electrons. The van der Waals surface area contributed by atoms with Crippen LogP contribution in [0.2, 0.25) is 0 Å². The van der Waals surface area contributed by atoms with Crippen LogP contribution in [0.25, 0.3) is 10.8 Å². The molecule has 3 amide bonds. The zero-order valence-electron chi connectivity index (χ0n) is 17.5. The molecule has 0 heterocycles. The van der Waals surface area contributed by atoms with Crippen LogP contribution in [0.5, 0.6) is 5.75 Å². The van der Waals surface area contributed by atoms with E-state index < -0.39 is 17.9 Å². The Morgan fingerprint density at radius 2 is 1.56 bits per heavy atom. The Morgan fingerprint density at radius 3 is 2.25 bits per heavy atom. The standard InChI is InChI=1S/C24H26N4O4/c25-20(12-16-6-2-1-3-7-16)24(31)27-10-11-32-21-14-18-9-5-4-8-17(18)13-19(21)23(30)28-15-22(26)29/h1-9,13-14,20H,10-12,15,25H2,(H2,26,29)(H,27,31)(H,28,30). The predicted molar refractivity (Wildman–Crippen MR) is 122 cm³/mol. The van der Waals surface area contributed by atoms with Gasteiger partial charge in [0.15, 0.2) is 0 Å². The summed E-state index contributed by atoms with van der Waals surface area (Å²) >= 11 is 0. The van der Waals surface area contributed by atoms with Crippen LogP contribution in [0, 0.1) is 0 Å². The van der Waals surface area contributed by atoms with E-state index in [-0.39, 0.29) is 31.2 Å². The maximum Gasteiger partial charge on any atom is 0.255 e. The van der Waals surface area contributed by atoms with E-state index in [0.29, 0.717) is 12.2 Å². The van der Waals surface area contributed by atoms with E-state index in [2.05, 4.69) is 10.6 Å². The van der Waals surface area contributed by atoms with Crippen molar-refractivity contribution in [2.45, 2.75) is 12.5 Å². The van der Waals surface area contributed by atoms with Gasteiger partial charge in [0.25, 0.3) is 5.91 Å². The van der Waals surface area contributed by atoms with Crippen molar-refractivity contribution in [1.82, 2.24) is 10.6 Å². The van der Waals surface area contributed by atoms with Crippen LogP contribution in [-0.2, 0) is 16.0 Å². The van der Waals surface area contributed by atoms with Crippen LogP contribution in [0.15, 0.2) is 66.7 Å². The van der Waals surface area contributed by atoms with Gasteiger partial charge in [0.1, 0.15) is 12.4 Å². The van der Waals surface area contributed by atoms with Gasteiger partial charge in [0.05, 0.1) is 24.7 Å². The molecule has 6 N–H and O–H groups in total. The van der Waals surface area contributed by atoms with Gasteiger partial charge >= 0.3 is 0 Å². The number of benzene rings is 3. The minimum Gasteiger partial charge on any atom is -0.491 e. The Balaban J connectivity index is 1.60. The summed E-state index contributed by atoms with van der Waals surface area (Å²) in [4.78, 5) is 35.8. The molecule has 3 aromatic carbocycles. The van der Waals surface area contributed by atoms with Crippen LogP contribution in [0.3, 0.4) is 0 Å². The molecule has 0 saturated carbocycles. The topological polar surface area (TPSA) is 137 Å². The van der Waals surface area contributed by atoms with Crippen molar-refractivity contribution < 1.29 is 19.1 Å². The van der Waals surface area contributed by atoms with Gasteiger partial charge in [-0.1, -0.05) is 54.6 Å². The number of amides is 3. The number of nitrogens with one attached hydrogen (secondary N) is 2. The summed E-state index contributed by atoms with van der Waals surface area (Å²) in [6.07, 6.45) is 0.433. The predicted octanol–water partition coefficient (Wildman–Crippen LogP) is 1.12. The highest BCUT2D eigenvalue weighted by Gasteiger charge is 2.16. The molecule has 0 saturated heterocycles. The van der Waals surface area contributed by atoms with Crippen LogP contribution >= 0.6 is 0 Å². The lowest BCUT2D eigenvalue weighted by molar-refractivity contribution is -0.122. The van der Waals surface area contributed by atoms with Gasteiger partial charge in [0, 0.05) is 0 Å². The maximum absolute atomic E-state index is 12.5. The average molecular weight is 434 g/mol. The summed E-state index contributed by atoms with van der Waals surface area (Å²) < 4.78 is 5.79. The number of ether oxygens (including phenoxy) is 1. The van der Waals surface area contributed by atoms with Crippen molar-refractivity contribution in [3.8, 4) is 5.75 Å². The van der Waals surface area contributed by atoms with Gasteiger partial charge in [-0.25, -0.2) is 0 Å². The second kappa shape index (κ2) is 10.9. The van der Waals surface area contributed by atoms with Crippen molar-refractivity contribution in [3.63, 3.8) is 0 Å². The first-order valence-electron chi connectivity index (χ1n) is 10.2. The molecule has 1 atom stereocenters. The first-order valence-corrected chi connectivity index (χ1v) is 10.2. The molecule has 1 unspecified atom stereocenters. The third-order valence-electron chi connectivity index (χ3n) is 4.81. The molecule has 0 aliphatic rings. The molecular formula is C24H26N4O4. The maximum atomic E-state index is 12.5. The number of hydrogen-bond donors (Lipinski definition) is 4. The highest BCUT2D eigenvalue weighted by Crippen LogP contribution is 2.26. The molecule has 0 spiro atoms. The zero-order valence-corrected chi connectivity index (χ0v) is 17.5. The second-order valence-electron chi connectivity index (χ2n) is 7.28. The minimum atomic E-state index is -0.673. The second-order valence-corrected chi connectivity index (χ2v) is 7.28. The van der Waals surface area contributed by atoms with Crippen molar-refractivity contribution >= 4 is 28.5 Å². The number of nitrogens with two attached hydrogens (primary N) is 2. The number of rotatable bonds is 10. The molecule has 0 aliphatic heterocycles. The van der Waals surface area contributed by atoms with E-state index in [4.69, 9.17) is 16.2 Å². The number of carbonyl (C=O) groups is 3. The van der Waals surface area contributed by atoms with E-state index in [1.54, 1.807) is 12.1 Å². The van der Waals surface area contributed by atoms with E-state index in [1.807, 2.05) is 54.6 Å². The van der Waals surface area contributed by atoms with E-state index in [0.717, 1.165) is 16.3 Å². The summed E-state index contributed by atoms with van der Waals surface area (Å²) in [5.41, 5.74) is 12.4. The molecule has 166 valence electrons. The van der Waals surface area contributed by atoms with Crippen molar-refractivity contribution in [3.05, 3.63) is 77.9 Å². The summed E-state index contributed by atoms with van der Waals surface area (Å²) in [6.45, 7) is 0.0786. The van der Waals surface area contributed by atoms with E-state index in [1.165, 1.54) is 0 Å². The highest BCUT2D eigenvalue weighted by atomic mass is 16.5. The third-order valence-corrected chi connectivity index (χ3v) is 4.81. The monoisotopic (exact) mass is 434 g/mol. The Labute approximate surface area is 185 Å². The summed E-state index contributed by atoms with van der Waals surface area (Å²) in [7, 11) is 0.